The number of benzene rings is 10. The van der Waals surface area contributed by atoms with Crippen molar-refractivity contribution in [3.05, 3.63) is 219 Å². The Kier molecular flexibility index (Phi) is 9.32. The van der Waals surface area contributed by atoms with Gasteiger partial charge in [0.25, 0.3) is 0 Å². The first-order valence-electron chi connectivity index (χ1n) is 18.5. The molecule has 0 saturated carbocycles. The molecule has 0 bridgehead atoms. The first-order valence-corrected chi connectivity index (χ1v) is 18.5. The van der Waals surface area contributed by atoms with Crippen LogP contribution in [0.2, 0.25) is 0 Å². The maximum Gasteiger partial charge on any atom is 0.180 e. The number of hydrogen-bond acceptors (Lipinski definition) is 3. The lowest BCUT2D eigenvalue weighted by Gasteiger charge is -2.13. The molecular formula is C52H36N2O. The fourth-order valence-electron chi connectivity index (χ4n) is 7.68. The summed E-state index contributed by atoms with van der Waals surface area (Å²) in [5, 5.41) is 18.7. The number of oxazole rings is 1. The van der Waals surface area contributed by atoms with Gasteiger partial charge in [-0.25, -0.2) is 4.98 Å². The predicted molar refractivity (Wildman–Crippen MR) is 233 cm³/mol. The van der Waals surface area contributed by atoms with E-state index in [0.717, 1.165) is 5.69 Å². The highest BCUT2D eigenvalue weighted by molar-refractivity contribution is 6.32. The van der Waals surface area contributed by atoms with Crippen molar-refractivity contribution in [3.63, 3.8) is 0 Å². The van der Waals surface area contributed by atoms with Crippen LogP contribution in [0.5, 0.6) is 0 Å². The fourth-order valence-corrected chi connectivity index (χ4v) is 7.68. The predicted octanol–water partition coefficient (Wildman–Crippen LogP) is 14.3. The van der Waals surface area contributed by atoms with E-state index in [-0.39, 0.29) is 0 Å². The number of aromatic nitrogens is 2. The zero-order chi connectivity index (χ0) is 36.8. The number of nitrogens with zero attached hydrogens (tertiary/aromatic N) is 2. The number of rotatable bonds is 1. The van der Waals surface area contributed by atoms with Crippen molar-refractivity contribution in [1.82, 2.24) is 9.97 Å². The van der Waals surface area contributed by atoms with Crippen molar-refractivity contribution < 1.29 is 4.42 Å². The zero-order valence-electron chi connectivity index (χ0n) is 30.1. The Labute approximate surface area is 319 Å². The molecule has 0 N–H and O–H groups in total. The number of fused-ring (bicyclic) bond motifs is 6. The van der Waals surface area contributed by atoms with Gasteiger partial charge < -0.3 is 4.42 Å². The highest BCUT2D eigenvalue weighted by Crippen LogP contribution is 2.39. The third-order valence-electron chi connectivity index (χ3n) is 10.1. The summed E-state index contributed by atoms with van der Waals surface area (Å²) in [5.41, 5.74) is 2.22. The lowest BCUT2D eigenvalue weighted by Crippen LogP contribution is -1.85. The molecule has 0 fully saturated rings. The van der Waals surface area contributed by atoms with Crippen LogP contribution < -0.4 is 0 Å². The van der Waals surface area contributed by atoms with Gasteiger partial charge >= 0.3 is 0 Å². The third-order valence-corrected chi connectivity index (χ3v) is 10.1. The first kappa shape index (κ1) is 33.5. The summed E-state index contributed by atoms with van der Waals surface area (Å²) in [7, 11) is 0. The molecule has 12 rings (SSSR count). The van der Waals surface area contributed by atoms with E-state index < -0.39 is 0 Å². The third kappa shape index (κ3) is 6.72. The van der Waals surface area contributed by atoms with Crippen molar-refractivity contribution in [1.29, 1.82) is 0 Å². The van der Waals surface area contributed by atoms with Gasteiger partial charge in [-0.05, 0) is 87.5 Å². The van der Waals surface area contributed by atoms with Crippen LogP contribution in [0.4, 0.5) is 0 Å². The quantitative estimate of drug-likeness (QED) is 0.126. The average molecular weight is 705 g/mol. The Balaban J connectivity index is 0.000000103. The van der Waals surface area contributed by atoms with Gasteiger partial charge in [-0.3, -0.25) is 4.98 Å². The van der Waals surface area contributed by atoms with Crippen LogP contribution in [-0.2, 0) is 0 Å². The van der Waals surface area contributed by atoms with E-state index in [1.807, 2.05) is 24.4 Å². The van der Waals surface area contributed by atoms with E-state index >= 15 is 0 Å². The van der Waals surface area contributed by atoms with E-state index in [1.54, 1.807) is 6.20 Å². The molecule has 10 aromatic carbocycles. The minimum atomic E-state index is 1.03. The number of hydrogen-bond donors (Lipinski definition) is 0. The molecule has 0 saturated heterocycles. The van der Waals surface area contributed by atoms with Gasteiger partial charge in [-0.1, -0.05) is 182 Å². The topological polar surface area (TPSA) is 38.9 Å². The van der Waals surface area contributed by atoms with Crippen LogP contribution in [0.15, 0.2) is 224 Å². The fraction of sp³-hybridized carbons (Fsp3) is 0. The van der Waals surface area contributed by atoms with Gasteiger partial charge in [0.1, 0.15) is 6.26 Å². The maximum atomic E-state index is 4.47. The normalized spacial score (nSPS) is 10.9. The van der Waals surface area contributed by atoms with E-state index in [1.165, 1.54) is 93.6 Å². The molecule has 12 aromatic rings. The lowest BCUT2D eigenvalue weighted by atomic mass is 9.90. The van der Waals surface area contributed by atoms with Gasteiger partial charge in [0, 0.05) is 11.8 Å². The van der Waals surface area contributed by atoms with E-state index in [0.29, 0.717) is 0 Å². The van der Waals surface area contributed by atoms with Crippen molar-refractivity contribution in [3.8, 4) is 11.3 Å². The Morgan fingerprint density at radius 2 is 0.727 bits per heavy atom. The van der Waals surface area contributed by atoms with Crippen molar-refractivity contribution in [2.75, 3.05) is 0 Å². The molecule has 0 aliphatic carbocycles. The Bertz CT molecular complexity index is 2910. The van der Waals surface area contributed by atoms with Crippen LogP contribution in [0, 0.1) is 0 Å². The zero-order valence-corrected chi connectivity index (χ0v) is 30.1. The molecule has 0 aliphatic rings. The molecule has 2 heterocycles. The molecule has 0 atom stereocenters. The monoisotopic (exact) mass is 704 g/mol. The second-order valence-electron chi connectivity index (χ2n) is 13.3. The Hall–Kier alpha value is -7.36. The molecule has 3 heteroatoms. The molecular weight excluding hydrogens is 669 g/mol. The Morgan fingerprint density at radius 3 is 1.18 bits per heavy atom. The molecule has 55 heavy (non-hydrogen) atoms. The van der Waals surface area contributed by atoms with Crippen LogP contribution >= 0.6 is 0 Å². The molecule has 260 valence electrons. The summed E-state index contributed by atoms with van der Waals surface area (Å²) in [5.74, 6) is 0. The smallest absolute Gasteiger partial charge is 0.180 e. The van der Waals surface area contributed by atoms with Gasteiger partial charge in [0.15, 0.2) is 6.39 Å². The SMILES string of the molecule is c1cc2cccc3c4cccc5cccc(c(c1)c23)c54.c1ccc(-c2cccc3ccccc23)nc1.c1ccc2c(c1)ccc1ccccc12.c1cocn1. The lowest BCUT2D eigenvalue weighted by molar-refractivity contribution is 0.558. The summed E-state index contributed by atoms with van der Waals surface area (Å²) < 4.78 is 4.47. The van der Waals surface area contributed by atoms with Crippen LogP contribution in [0.3, 0.4) is 0 Å². The highest BCUT2D eigenvalue weighted by Gasteiger charge is 2.11. The summed E-state index contributed by atoms with van der Waals surface area (Å²) >= 11 is 0. The Morgan fingerprint density at radius 1 is 0.309 bits per heavy atom. The average Bonchev–Trinajstić information content (AvgIpc) is 3.87. The summed E-state index contributed by atoms with van der Waals surface area (Å²) in [4.78, 5) is 7.95. The van der Waals surface area contributed by atoms with Gasteiger partial charge in [-0.15, -0.1) is 0 Å². The van der Waals surface area contributed by atoms with Crippen molar-refractivity contribution >= 4 is 75.4 Å². The van der Waals surface area contributed by atoms with E-state index in [4.69, 9.17) is 0 Å². The van der Waals surface area contributed by atoms with Crippen LogP contribution in [0.25, 0.3) is 86.7 Å². The van der Waals surface area contributed by atoms with Crippen molar-refractivity contribution in [2.45, 2.75) is 0 Å². The van der Waals surface area contributed by atoms with Crippen LogP contribution in [-0.4, -0.2) is 9.97 Å². The van der Waals surface area contributed by atoms with Crippen molar-refractivity contribution in [2.24, 2.45) is 0 Å². The van der Waals surface area contributed by atoms with Gasteiger partial charge in [-0.2, -0.15) is 0 Å². The molecule has 0 unspecified atom stereocenters. The minimum Gasteiger partial charge on any atom is -0.452 e. The molecule has 0 amide bonds. The number of pyridine rings is 1. The summed E-state index contributed by atoms with van der Waals surface area (Å²) in [6.07, 6.45) is 6.30. The minimum absolute atomic E-state index is 1.03. The van der Waals surface area contributed by atoms with Crippen LogP contribution in [0.1, 0.15) is 0 Å². The standard InChI is InChI=1S/C20H12.C15H11N.C14H10.C3H3NO/c1-5-13-6-2-11-17-18-12-4-8-14-7-3-10-16(20(14)18)15(9-1)19(13)17;1-2-8-13-12(6-1)7-5-9-14(13)15-10-3-4-11-16-15;1-3-7-13-11(5-1)9-10-12-6-2-4-8-14(12)13;1-2-5-3-4-1/h1-12H;1-11H;1-10H;1-3H. The second kappa shape index (κ2) is 15.3. The molecule has 2 aromatic heterocycles. The molecule has 0 aliphatic heterocycles. The first-order chi connectivity index (χ1) is 27.3. The summed E-state index contributed by atoms with van der Waals surface area (Å²) in [6, 6.07) is 68.5. The highest BCUT2D eigenvalue weighted by atomic mass is 16.3. The van der Waals surface area contributed by atoms with Gasteiger partial charge in [0.2, 0.25) is 0 Å². The molecule has 0 spiro atoms. The second-order valence-corrected chi connectivity index (χ2v) is 13.3. The van der Waals surface area contributed by atoms with E-state index in [9.17, 15) is 0 Å². The molecule has 3 nitrogen and oxygen atoms in total. The largest absolute Gasteiger partial charge is 0.452 e. The maximum absolute atomic E-state index is 4.47. The van der Waals surface area contributed by atoms with Gasteiger partial charge in [0.05, 0.1) is 11.9 Å². The van der Waals surface area contributed by atoms with E-state index in [2.05, 4.69) is 190 Å². The summed E-state index contributed by atoms with van der Waals surface area (Å²) in [6.45, 7) is 0. The molecule has 0 radical (unpaired) electrons.